The van der Waals surface area contributed by atoms with Crippen molar-refractivity contribution in [2.24, 2.45) is 5.92 Å². The van der Waals surface area contributed by atoms with Crippen LogP contribution in [0.4, 0.5) is 0 Å². The topological polar surface area (TPSA) is 64.8 Å². The molecule has 1 aromatic carbocycles. The Hall–Kier alpha value is -2.60. The Balaban J connectivity index is 1.43. The number of rotatable bonds is 6. The second-order valence-electron chi connectivity index (χ2n) is 6.67. The molecule has 26 heavy (non-hydrogen) atoms. The van der Waals surface area contributed by atoms with Crippen molar-refractivity contribution < 1.29 is 18.7 Å². The number of Topliss-reactive ketones (excluding diaryl/α,β-unsaturated/α-hetero) is 1. The van der Waals surface area contributed by atoms with Crippen LogP contribution >= 0.6 is 0 Å². The van der Waals surface area contributed by atoms with Gasteiger partial charge in [0.2, 0.25) is 12.6 Å². The van der Waals surface area contributed by atoms with Gasteiger partial charge in [0.15, 0.2) is 5.76 Å². The van der Waals surface area contributed by atoms with Crippen molar-refractivity contribution >= 4 is 5.78 Å². The monoisotopic (exact) mass is 354 g/mol. The fourth-order valence-electron chi connectivity index (χ4n) is 3.67. The molecule has 4 rings (SSSR count). The smallest absolute Gasteiger partial charge is 0.263 e. The number of likely N-dealkylation sites (tertiary alicyclic amines) is 1. The molecule has 6 nitrogen and oxygen atoms in total. The van der Waals surface area contributed by atoms with Gasteiger partial charge in [-0.25, -0.2) is 4.98 Å². The molecule has 136 valence electrons. The predicted molar refractivity (Wildman–Crippen MR) is 94.2 cm³/mol. The molecule has 0 radical (unpaired) electrons. The number of nitrogens with zero attached hydrogens (tertiary/aromatic N) is 2. The van der Waals surface area contributed by atoms with Crippen LogP contribution in [0.1, 0.15) is 29.1 Å². The number of piperidine rings is 1. The molecule has 0 amide bonds. The summed E-state index contributed by atoms with van der Waals surface area (Å²) in [6.45, 7) is 1.93. The summed E-state index contributed by atoms with van der Waals surface area (Å²) in [7, 11) is 0. The number of hydrogen-bond acceptors (Lipinski definition) is 6. The van der Waals surface area contributed by atoms with Crippen LogP contribution in [0.5, 0.6) is 0 Å². The number of ether oxygens (including phenoxy) is 2. The van der Waals surface area contributed by atoms with Crippen LogP contribution in [-0.2, 0) is 15.9 Å². The van der Waals surface area contributed by atoms with E-state index in [1.54, 1.807) is 6.26 Å². The summed E-state index contributed by atoms with van der Waals surface area (Å²) in [6, 6.07) is 10.5. The molecular weight excluding hydrogens is 332 g/mol. The van der Waals surface area contributed by atoms with Gasteiger partial charge in [-0.05, 0) is 37.9 Å². The third-order valence-electron chi connectivity index (χ3n) is 5.08. The zero-order chi connectivity index (χ0) is 17.8. The van der Waals surface area contributed by atoms with E-state index in [1.807, 2.05) is 18.2 Å². The lowest BCUT2D eigenvalue weighted by molar-refractivity contribution is 0.0496. The first-order valence-corrected chi connectivity index (χ1v) is 8.97. The van der Waals surface area contributed by atoms with Gasteiger partial charge in [0.05, 0.1) is 12.2 Å². The van der Waals surface area contributed by atoms with E-state index in [9.17, 15) is 4.79 Å². The van der Waals surface area contributed by atoms with Crippen molar-refractivity contribution in [2.75, 3.05) is 19.9 Å². The van der Waals surface area contributed by atoms with Crippen LogP contribution in [0.2, 0.25) is 0 Å². The van der Waals surface area contributed by atoms with Crippen molar-refractivity contribution in [3.05, 3.63) is 66.3 Å². The first-order chi connectivity index (χ1) is 12.8. The fourth-order valence-corrected chi connectivity index (χ4v) is 3.67. The van der Waals surface area contributed by atoms with Gasteiger partial charge in [-0.2, -0.15) is 0 Å². The van der Waals surface area contributed by atoms with Gasteiger partial charge in [-0.15, -0.1) is 0 Å². The number of carbonyl (C=O) groups is 1. The molecule has 6 heteroatoms. The first kappa shape index (κ1) is 16.8. The second kappa shape index (κ2) is 7.74. The molecule has 1 saturated heterocycles. The molecule has 0 saturated carbocycles. The number of ketones is 1. The fraction of sp³-hybridized carbons (Fsp3) is 0.400. The molecule has 1 unspecified atom stereocenters. The Bertz CT molecular complexity index is 749. The van der Waals surface area contributed by atoms with Crippen molar-refractivity contribution in [3.63, 3.8) is 0 Å². The lowest BCUT2D eigenvalue weighted by Gasteiger charge is -2.36. The molecule has 1 aromatic heterocycles. The number of benzene rings is 1. The van der Waals surface area contributed by atoms with Crippen LogP contribution < -0.4 is 0 Å². The van der Waals surface area contributed by atoms with Crippen LogP contribution in [0.25, 0.3) is 0 Å². The van der Waals surface area contributed by atoms with Gasteiger partial charge in [-0.1, -0.05) is 30.3 Å². The van der Waals surface area contributed by atoms with Crippen molar-refractivity contribution in [1.82, 2.24) is 9.88 Å². The largest absolute Gasteiger partial charge is 0.462 e. The summed E-state index contributed by atoms with van der Waals surface area (Å²) in [4.78, 5) is 18.8. The Morgan fingerprint density at radius 1 is 1.23 bits per heavy atom. The van der Waals surface area contributed by atoms with Gasteiger partial charge in [0.25, 0.3) is 5.89 Å². The van der Waals surface area contributed by atoms with Crippen molar-refractivity contribution in [2.45, 2.75) is 25.3 Å². The van der Waals surface area contributed by atoms with Crippen LogP contribution in [-0.4, -0.2) is 41.6 Å². The molecule has 1 atom stereocenters. The maximum atomic E-state index is 12.5. The number of aromatic nitrogens is 1. The Kier molecular flexibility index (Phi) is 5.02. The molecule has 2 aliphatic heterocycles. The lowest BCUT2D eigenvalue weighted by Crippen LogP contribution is -2.45. The van der Waals surface area contributed by atoms with E-state index in [4.69, 9.17) is 13.9 Å². The van der Waals surface area contributed by atoms with Crippen LogP contribution in [0.3, 0.4) is 0 Å². The highest BCUT2D eigenvalue weighted by Gasteiger charge is 2.33. The SMILES string of the molecule is O=C(c1ncco1)C1CCN(C(Cc2ccccc2)C2=COCO2)CC1. The maximum Gasteiger partial charge on any atom is 0.263 e. The minimum Gasteiger partial charge on any atom is -0.462 e. The highest BCUT2D eigenvalue weighted by atomic mass is 16.7. The Morgan fingerprint density at radius 3 is 2.69 bits per heavy atom. The normalized spacial score (nSPS) is 19.5. The number of hydrogen-bond donors (Lipinski definition) is 0. The molecular formula is C20H22N2O4. The lowest BCUT2D eigenvalue weighted by atomic mass is 9.90. The molecule has 0 aliphatic carbocycles. The van der Waals surface area contributed by atoms with E-state index in [-0.39, 0.29) is 30.4 Å². The predicted octanol–water partition coefficient (Wildman–Crippen LogP) is 3.03. The molecule has 2 aliphatic rings. The van der Waals surface area contributed by atoms with Crippen molar-refractivity contribution in [1.29, 1.82) is 0 Å². The minimum absolute atomic E-state index is 0.00826. The van der Waals surface area contributed by atoms with Gasteiger partial charge in [-0.3, -0.25) is 9.69 Å². The third kappa shape index (κ3) is 3.65. The van der Waals surface area contributed by atoms with Gasteiger partial charge in [0, 0.05) is 5.92 Å². The molecule has 0 spiro atoms. The Labute approximate surface area is 152 Å². The minimum atomic E-state index is -0.0306. The highest BCUT2D eigenvalue weighted by Crippen LogP contribution is 2.27. The zero-order valence-corrected chi connectivity index (χ0v) is 14.5. The van der Waals surface area contributed by atoms with Crippen LogP contribution in [0.15, 0.2) is 59.2 Å². The van der Waals surface area contributed by atoms with E-state index in [0.29, 0.717) is 0 Å². The van der Waals surface area contributed by atoms with Gasteiger partial charge < -0.3 is 13.9 Å². The van der Waals surface area contributed by atoms with E-state index in [0.717, 1.165) is 38.1 Å². The maximum absolute atomic E-state index is 12.5. The Morgan fingerprint density at radius 2 is 2.04 bits per heavy atom. The molecule has 0 bridgehead atoms. The molecule has 2 aromatic rings. The second-order valence-corrected chi connectivity index (χ2v) is 6.67. The van der Waals surface area contributed by atoms with E-state index < -0.39 is 0 Å². The van der Waals surface area contributed by atoms with E-state index in [2.05, 4.69) is 22.0 Å². The summed E-state index contributed by atoms with van der Waals surface area (Å²) in [6.07, 6.45) is 7.12. The van der Waals surface area contributed by atoms with Gasteiger partial charge in [0.1, 0.15) is 12.5 Å². The van der Waals surface area contributed by atoms with E-state index >= 15 is 0 Å². The summed E-state index contributed by atoms with van der Waals surface area (Å²) in [5, 5.41) is 0. The average Bonchev–Trinajstić information content (AvgIpc) is 3.40. The molecule has 1 fully saturated rings. The van der Waals surface area contributed by atoms with E-state index in [1.165, 1.54) is 18.0 Å². The summed E-state index contributed by atoms with van der Waals surface area (Å²) >= 11 is 0. The standard InChI is InChI=1S/C20H22N2O4/c23-19(20-21-8-11-25-20)16-6-9-22(10-7-16)17(18-13-24-14-26-18)12-15-4-2-1-3-5-15/h1-5,8,11,13,16-17H,6-7,9-10,12,14H2. The summed E-state index contributed by atoms with van der Waals surface area (Å²) in [5.41, 5.74) is 1.26. The average molecular weight is 354 g/mol. The third-order valence-corrected chi connectivity index (χ3v) is 5.08. The highest BCUT2D eigenvalue weighted by molar-refractivity contribution is 5.93. The number of carbonyl (C=O) groups excluding carboxylic acids is 1. The van der Waals surface area contributed by atoms with Crippen LogP contribution in [0, 0.1) is 5.92 Å². The summed E-state index contributed by atoms with van der Waals surface area (Å²) < 4.78 is 16.1. The first-order valence-electron chi connectivity index (χ1n) is 8.97. The molecule has 3 heterocycles. The zero-order valence-electron chi connectivity index (χ0n) is 14.5. The van der Waals surface area contributed by atoms with Crippen molar-refractivity contribution in [3.8, 4) is 0 Å². The van der Waals surface area contributed by atoms with Gasteiger partial charge >= 0.3 is 0 Å². The number of oxazole rings is 1. The quantitative estimate of drug-likeness (QED) is 0.743. The molecule has 0 N–H and O–H groups in total. The summed E-state index contributed by atoms with van der Waals surface area (Å²) in [5.74, 6) is 1.07.